The van der Waals surface area contributed by atoms with Crippen LogP contribution >= 0.6 is 0 Å². The summed E-state index contributed by atoms with van der Waals surface area (Å²) in [7, 11) is 0. The number of piperidine rings is 1. The van der Waals surface area contributed by atoms with Crippen LogP contribution in [0, 0.1) is 19.8 Å². The van der Waals surface area contributed by atoms with Crippen LogP contribution in [0.1, 0.15) is 49.1 Å². The molecule has 2 saturated heterocycles. The van der Waals surface area contributed by atoms with E-state index in [4.69, 9.17) is 14.8 Å². The number of nitrogens with zero attached hydrogens (tertiary/aromatic N) is 4. The maximum Gasteiger partial charge on any atom is 0.157 e. The van der Waals surface area contributed by atoms with Gasteiger partial charge in [-0.25, -0.2) is 4.98 Å². The third kappa shape index (κ3) is 3.02. The third-order valence-electron chi connectivity index (χ3n) is 5.87. The number of aromatic nitrogens is 3. The highest BCUT2D eigenvalue weighted by Crippen LogP contribution is 2.31. The van der Waals surface area contributed by atoms with E-state index in [0.29, 0.717) is 5.92 Å². The summed E-state index contributed by atoms with van der Waals surface area (Å²) in [4.78, 5) is 7.14. The molecule has 136 valence electrons. The molecule has 2 aromatic heterocycles. The molecule has 0 amide bonds. The molecule has 2 unspecified atom stereocenters. The highest BCUT2D eigenvalue weighted by molar-refractivity contribution is 5.57. The number of anilines is 1. The Hall–Kier alpha value is -1.66. The van der Waals surface area contributed by atoms with Gasteiger partial charge in [0.25, 0.3) is 0 Å². The van der Waals surface area contributed by atoms with Crippen molar-refractivity contribution in [1.82, 2.24) is 14.6 Å². The second kappa shape index (κ2) is 6.57. The number of aryl methyl sites for hydroxylation is 1. The number of hydrogen-bond acceptors (Lipinski definition) is 5. The summed E-state index contributed by atoms with van der Waals surface area (Å²) in [6.45, 7) is 9.67. The molecule has 2 aliphatic heterocycles. The molecule has 6 heteroatoms. The Morgan fingerprint density at radius 1 is 1.20 bits per heavy atom. The van der Waals surface area contributed by atoms with Gasteiger partial charge in [-0.3, -0.25) is 0 Å². The Labute approximate surface area is 148 Å². The minimum atomic E-state index is -0.203. The molecular formula is C19H28N4O2. The van der Waals surface area contributed by atoms with Crippen molar-refractivity contribution in [3.8, 4) is 0 Å². The lowest BCUT2D eigenvalue weighted by Crippen LogP contribution is -2.43. The number of rotatable bonds is 2. The van der Waals surface area contributed by atoms with Crippen LogP contribution in [-0.4, -0.2) is 52.1 Å². The Bertz CT molecular complexity index is 766. The lowest BCUT2D eigenvalue weighted by Gasteiger charge is -2.36. The van der Waals surface area contributed by atoms with Gasteiger partial charge in [0.15, 0.2) is 5.65 Å². The van der Waals surface area contributed by atoms with E-state index >= 15 is 0 Å². The summed E-state index contributed by atoms with van der Waals surface area (Å²) in [6.07, 6.45) is 2.66. The van der Waals surface area contributed by atoms with Crippen molar-refractivity contribution in [3.05, 3.63) is 23.0 Å². The van der Waals surface area contributed by atoms with Crippen LogP contribution < -0.4 is 4.90 Å². The van der Waals surface area contributed by atoms with Gasteiger partial charge in [0, 0.05) is 49.5 Å². The lowest BCUT2D eigenvalue weighted by molar-refractivity contribution is 0.0844. The molecule has 0 spiro atoms. The van der Waals surface area contributed by atoms with E-state index in [1.54, 1.807) is 0 Å². The SMILES string of the molecule is Cc1nc2cc(C3CCOCC3)nn2c(N2CCC(O)C(C)C2)c1C. The molecule has 2 aromatic rings. The van der Waals surface area contributed by atoms with Crippen LogP contribution in [0.2, 0.25) is 0 Å². The summed E-state index contributed by atoms with van der Waals surface area (Å²) < 4.78 is 7.52. The van der Waals surface area contributed by atoms with Gasteiger partial charge in [0.1, 0.15) is 5.82 Å². The Balaban J connectivity index is 1.76. The Kier molecular flexibility index (Phi) is 4.41. The Morgan fingerprint density at radius 2 is 1.96 bits per heavy atom. The first-order valence-corrected chi connectivity index (χ1v) is 9.42. The second-order valence-corrected chi connectivity index (χ2v) is 7.65. The number of fused-ring (bicyclic) bond motifs is 1. The van der Waals surface area contributed by atoms with Gasteiger partial charge in [-0.1, -0.05) is 6.92 Å². The smallest absolute Gasteiger partial charge is 0.157 e. The minimum absolute atomic E-state index is 0.203. The predicted molar refractivity (Wildman–Crippen MR) is 97.3 cm³/mol. The summed E-state index contributed by atoms with van der Waals surface area (Å²) in [6, 6.07) is 2.15. The van der Waals surface area contributed by atoms with Crippen LogP contribution in [0.15, 0.2) is 6.07 Å². The maximum atomic E-state index is 10.1. The summed E-state index contributed by atoms with van der Waals surface area (Å²) in [5.74, 6) is 1.87. The van der Waals surface area contributed by atoms with Crippen molar-refractivity contribution in [2.75, 3.05) is 31.2 Å². The number of aliphatic hydroxyl groups is 1. The van der Waals surface area contributed by atoms with Crippen LogP contribution in [0.3, 0.4) is 0 Å². The predicted octanol–water partition coefficient (Wildman–Crippen LogP) is 2.45. The van der Waals surface area contributed by atoms with Crippen molar-refractivity contribution in [3.63, 3.8) is 0 Å². The van der Waals surface area contributed by atoms with Crippen molar-refractivity contribution < 1.29 is 9.84 Å². The average molecular weight is 344 g/mol. The first kappa shape index (κ1) is 16.8. The average Bonchev–Trinajstić information content (AvgIpc) is 3.03. The molecule has 0 radical (unpaired) electrons. The van der Waals surface area contributed by atoms with Crippen LogP contribution in [-0.2, 0) is 4.74 Å². The molecule has 0 aromatic carbocycles. The van der Waals surface area contributed by atoms with Crippen molar-refractivity contribution >= 4 is 11.5 Å². The molecule has 2 atom stereocenters. The largest absolute Gasteiger partial charge is 0.393 e. The van der Waals surface area contributed by atoms with Crippen molar-refractivity contribution in [2.24, 2.45) is 5.92 Å². The third-order valence-corrected chi connectivity index (χ3v) is 5.87. The minimum Gasteiger partial charge on any atom is -0.393 e. The van der Waals surface area contributed by atoms with E-state index in [1.165, 1.54) is 5.56 Å². The molecule has 0 bridgehead atoms. The fourth-order valence-corrected chi connectivity index (χ4v) is 4.09. The zero-order valence-electron chi connectivity index (χ0n) is 15.4. The van der Waals surface area contributed by atoms with E-state index in [-0.39, 0.29) is 12.0 Å². The van der Waals surface area contributed by atoms with Gasteiger partial charge in [-0.05, 0) is 39.0 Å². The normalized spacial score (nSPS) is 25.7. The monoisotopic (exact) mass is 344 g/mol. The van der Waals surface area contributed by atoms with Crippen LogP contribution in [0.4, 0.5) is 5.82 Å². The highest BCUT2D eigenvalue weighted by Gasteiger charge is 2.28. The van der Waals surface area contributed by atoms with Gasteiger partial charge < -0.3 is 14.7 Å². The fourth-order valence-electron chi connectivity index (χ4n) is 4.09. The van der Waals surface area contributed by atoms with E-state index in [0.717, 1.165) is 68.4 Å². The molecule has 4 rings (SSSR count). The van der Waals surface area contributed by atoms with E-state index in [2.05, 4.69) is 31.7 Å². The van der Waals surface area contributed by atoms with Crippen molar-refractivity contribution in [2.45, 2.75) is 52.1 Å². The van der Waals surface area contributed by atoms with E-state index < -0.39 is 0 Å². The van der Waals surface area contributed by atoms with Crippen LogP contribution in [0.25, 0.3) is 5.65 Å². The fraction of sp³-hybridized carbons (Fsp3) is 0.684. The Morgan fingerprint density at radius 3 is 2.68 bits per heavy atom. The highest BCUT2D eigenvalue weighted by atomic mass is 16.5. The first-order chi connectivity index (χ1) is 12.0. The molecule has 1 N–H and O–H groups in total. The molecule has 6 nitrogen and oxygen atoms in total. The lowest BCUT2D eigenvalue weighted by atomic mass is 9.96. The van der Waals surface area contributed by atoms with Gasteiger partial charge in [0.05, 0.1) is 11.8 Å². The van der Waals surface area contributed by atoms with Gasteiger partial charge in [-0.2, -0.15) is 9.61 Å². The molecule has 0 saturated carbocycles. The van der Waals surface area contributed by atoms with Gasteiger partial charge in [0.2, 0.25) is 0 Å². The molecule has 2 aliphatic rings. The van der Waals surface area contributed by atoms with Gasteiger partial charge >= 0.3 is 0 Å². The topological polar surface area (TPSA) is 62.9 Å². The summed E-state index contributed by atoms with van der Waals surface area (Å²) in [5, 5.41) is 15.0. The number of aliphatic hydroxyl groups excluding tert-OH is 1. The quantitative estimate of drug-likeness (QED) is 0.907. The maximum absolute atomic E-state index is 10.1. The first-order valence-electron chi connectivity index (χ1n) is 9.42. The van der Waals surface area contributed by atoms with Crippen molar-refractivity contribution in [1.29, 1.82) is 0 Å². The molecule has 0 aliphatic carbocycles. The van der Waals surface area contributed by atoms with E-state index in [1.807, 2.05) is 4.52 Å². The molecule has 4 heterocycles. The zero-order valence-corrected chi connectivity index (χ0v) is 15.4. The van der Waals surface area contributed by atoms with Gasteiger partial charge in [-0.15, -0.1) is 0 Å². The standard InChI is InChI=1S/C19H28N4O2/c1-12-11-22(7-4-17(12)24)19-13(2)14(3)20-18-10-16(21-23(18)19)15-5-8-25-9-6-15/h10,12,15,17,24H,4-9,11H2,1-3H3. The number of ether oxygens (including phenoxy) is 1. The van der Waals surface area contributed by atoms with E-state index in [9.17, 15) is 5.11 Å². The molecular weight excluding hydrogens is 316 g/mol. The second-order valence-electron chi connectivity index (χ2n) is 7.65. The molecule has 25 heavy (non-hydrogen) atoms. The van der Waals surface area contributed by atoms with Crippen LogP contribution in [0.5, 0.6) is 0 Å². The summed E-state index contributed by atoms with van der Waals surface area (Å²) in [5.41, 5.74) is 4.29. The zero-order chi connectivity index (χ0) is 17.6. The number of hydrogen-bond donors (Lipinski definition) is 1. The molecule has 2 fully saturated rings. The summed E-state index contributed by atoms with van der Waals surface area (Å²) >= 11 is 0.